The first-order valence-corrected chi connectivity index (χ1v) is 9.56. The van der Waals surface area contributed by atoms with Crippen LogP contribution in [0.4, 0.5) is 0 Å². The van der Waals surface area contributed by atoms with Crippen molar-refractivity contribution >= 4 is 5.91 Å². The molecule has 0 N–H and O–H groups in total. The van der Waals surface area contributed by atoms with E-state index in [9.17, 15) is 4.79 Å². The summed E-state index contributed by atoms with van der Waals surface area (Å²) < 4.78 is 5.55. The van der Waals surface area contributed by atoms with Gasteiger partial charge in [-0.2, -0.15) is 0 Å². The fourth-order valence-electron chi connectivity index (χ4n) is 4.22. The van der Waals surface area contributed by atoms with E-state index in [2.05, 4.69) is 41.6 Å². The van der Waals surface area contributed by atoms with Gasteiger partial charge in [0.1, 0.15) is 5.75 Å². The van der Waals surface area contributed by atoms with Crippen molar-refractivity contribution in [3.05, 3.63) is 34.7 Å². The second-order valence-corrected chi connectivity index (χ2v) is 7.94. The van der Waals surface area contributed by atoms with E-state index in [0.717, 1.165) is 61.6 Å². The predicted octanol–water partition coefficient (Wildman–Crippen LogP) is 3.10. The zero-order valence-corrected chi connectivity index (χ0v) is 16.7. The maximum atomic E-state index is 12.9. The molecule has 3 saturated heterocycles. The van der Waals surface area contributed by atoms with Crippen LogP contribution in [0, 0.1) is 19.8 Å². The highest BCUT2D eigenvalue weighted by molar-refractivity contribution is 5.80. The molecule has 1 amide bonds. The fraction of sp³-hybridized carbons (Fsp3) is 0.619. The molecule has 3 fully saturated rings. The number of fused-ring (bicyclic) bond motifs is 4. The lowest BCUT2D eigenvalue weighted by Crippen LogP contribution is -2.47. The Balaban J connectivity index is 1.78. The molecule has 26 heavy (non-hydrogen) atoms. The van der Waals surface area contributed by atoms with Gasteiger partial charge in [0.15, 0.2) is 0 Å². The summed E-state index contributed by atoms with van der Waals surface area (Å²) in [6, 6.07) is 0.310. The summed E-state index contributed by atoms with van der Waals surface area (Å²) in [7, 11) is 1.71. The van der Waals surface area contributed by atoms with Crippen LogP contribution in [-0.4, -0.2) is 53.5 Å². The van der Waals surface area contributed by atoms with Crippen LogP contribution in [0.5, 0.6) is 5.75 Å². The lowest BCUT2D eigenvalue weighted by atomic mass is 9.94. The first-order valence-electron chi connectivity index (χ1n) is 9.56. The van der Waals surface area contributed by atoms with Gasteiger partial charge in [0.05, 0.1) is 18.7 Å². The minimum absolute atomic E-state index is 0.118. The van der Waals surface area contributed by atoms with Gasteiger partial charge >= 0.3 is 0 Å². The molecule has 0 unspecified atom stereocenters. The van der Waals surface area contributed by atoms with Gasteiger partial charge < -0.3 is 9.64 Å². The average Bonchev–Trinajstić information content (AvgIpc) is 2.86. The molecule has 3 aliphatic heterocycles. The number of amides is 1. The van der Waals surface area contributed by atoms with E-state index in [1.165, 1.54) is 5.57 Å². The number of carbonyl (C=O) groups is 1. The monoisotopic (exact) mass is 357 g/mol. The summed E-state index contributed by atoms with van der Waals surface area (Å²) in [5.74, 6) is 1.37. The minimum atomic E-state index is 0.118. The van der Waals surface area contributed by atoms with Crippen LogP contribution >= 0.6 is 0 Å². The van der Waals surface area contributed by atoms with Crippen LogP contribution in [0.1, 0.15) is 43.5 Å². The number of carbonyl (C=O) groups excluding carboxylic acids is 1. The van der Waals surface area contributed by atoms with Gasteiger partial charge in [-0.25, -0.2) is 0 Å². The molecular formula is C21H31N3O2. The minimum Gasteiger partial charge on any atom is -0.496 e. The summed E-state index contributed by atoms with van der Waals surface area (Å²) in [5, 5.41) is 0. The summed E-state index contributed by atoms with van der Waals surface area (Å²) in [5.41, 5.74) is 4.49. The Morgan fingerprint density at radius 2 is 2.08 bits per heavy atom. The van der Waals surface area contributed by atoms with Crippen LogP contribution < -0.4 is 4.74 Å². The lowest BCUT2D eigenvalue weighted by molar-refractivity contribution is -0.139. The lowest BCUT2D eigenvalue weighted by Gasteiger charge is -2.35. The molecule has 0 saturated carbocycles. The Morgan fingerprint density at radius 1 is 1.31 bits per heavy atom. The molecule has 0 aromatic carbocycles. The Kier molecular flexibility index (Phi) is 5.66. The van der Waals surface area contributed by atoms with E-state index < -0.39 is 0 Å². The number of ether oxygens (including phenoxy) is 1. The van der Waals surface area contributed by atoms with Crippen LogP contribution in [-0.2, 0) is 11.3 Å². The molecule has 0 spiro atoms. The number of hydrogen-bond acceptors (Lipinski definition) is 4. The van der Waals surface area contributed by atoms with Gasteiger partial charge in [0, 0.05) is 49.5 Å². The first kappa shape index (κ1) is 18.9. The van der Waals surface area contributed by atoms with Crippen molar-refractivity contribution in [2.75, 3.05) is 26.7 Å². The normalized spacial score (nSPS) is 23.1. The van der Waals surface area contributed by atoms with E-state index in [-0.39, 0.29) is 5.92 Å². The topological polar surface area (TPSA) is 45.7 Å². The molecule has 1 aromatic rings. The van der Waals surface area contributed by atoms with Gasteiger partial charge in [-0.05, 0) is 40.5 Å². The third-order valence-corrected chi connectivity index (χ3v) is 5.69. The first-order chi connectivity index (χ1) is 12.4. The molecule has 1 aromatic heterocycles. The SMILES string of the molecule is COc1c(C)cnc(CN2C[C@H]3CC[C@@H](C2)N(CC=C(C)C)C3=O)c1C. The molecule has 0 radical (unpaired) electrons. The van der Waals surface area contributed by atoms with Crippen LogP contribution in [0.3, 0.4) is 0 Å². The predicted molar refractivity (Wildman–Crippen MR) is 103 cm³/mol. The second kappa shape index (κ2) is 7.78. The quantitative estimate of drug-likeness (QED) is 0.760. The number of aryl methyl sites for hydroxylation is 1. The van der Waals surface area contributed by atoms with E-state index in [4.69, 9.17) is 4.74 Å². The summed E-state index contributed by atoms with van der Waals surface area (Å²) in [6.07, 6.45) is 6.17. The number of hydrogen-bond donors (Lipinski definition) is 0. The number of aromatic nitrogens is 1. The molecule has 2 bridgehead atoms. The van der Waals surface area contributed by atoms with Crippen molar-refractivity contribution in [2.45, 2.75) is 53.1 Å². The molecule has 4 heterocycles. The standard InChI is InChI=1S/C21H31N3O2/c1-14(2)8-9-24-18-7-6-17(21(24)25)11-23(12-18)13-19-16(4)20(26-5)15(3)10-22-19/h8,10,17-18H,6-7,9,11-13H2,1-5H3/t17-,18+/m1/s1. The number of piperidine rings is 1. The third-order valence-electron chi connectivity index (χ3n) is 5.69. The molecule has 2 atom stereocenters. The highest BCUT2D eigenvalue weighted by Crippen LogP contribution is 2.31. The number of rotatable bonds is 5. The fourth-order valence-corrected chi connectivity index (χ4v) is 4.22. The molecule has 3 aliphatic rings. The maximum Gasteiger partial charge on any atom is 0.227 e. The Bertz CT molecular complexity index is 709. The Morgan fingerprint density at radius 3 is 2.77 bits per heavy atom. The van der Waals surface area contributed by atoms with Crippen molar-refractivity contribution in [2.24, 2.45) is 5.92 Å². The van der Waals surface area contributed by atoms with Gasteiger partial charge in [-0.3, -0.25) is 14.7 Å². The molecule has 5 heteroatoms. The van der Waals surface area contributed by atoms with Gasteiger partial charge in [-0.15, -0.1) is 0 Å². The summed E-state index contributed by atoms with van der Waals surface area (Å²) >= 11 is 0. The highest BCUT2D eigenvalue weighted by atomic mass is 16.5. The highest BCUT2D eigenvalue weighted by Gasteiger charge is 2.40. The summed E-state index contributed by atoms with van der Waals surface area (Å²) in [6.45, 7) is 11.6. The third kappa shape index (κ3) is 3.78. The van der Waals surface area contributed by atoms with Gasteiger partial charge in [-0.1, -0.05) is 11.6 Å². The van der Waals surface area contributed by atoms with E-state index in [1.54, 1.807) is 7.11 Å². The van der Waals surface area contributed by atoms with Crippen LogP contribution in [0.2, 0.25) is 0 Å². The van der Waals surface area contributed by atoms with E-state index in [0.29, 0.717) is 11.9 Å². The Labute approximate surface area is 157 Å². The van der Waals surface area contributed by atoms with Crippen LogP contribution in [0.15, 0.2) is 17.8 Å². The maximum absolute atomic E-state index is 12.9. The van der Waals surface area contributed by atoms with E-state index in [1.807, 2.05) is 13.1 Å². The van der Waals surface area contributed by atoms with E-state index >= 15 is 0 Å². The van der Waals surface area contributed by atoms with Crippen molar-refractivity contribution in [1.82, 2.24) is 14.8 Å². The number of allylic oxidation sites excluding steroid dienone is 1. The number of pyridine rings is 1. The molecular weight excluding hydrogens is 326 g/mol. The second-order valence-electron chi connectivity index (χ2n) is 7.94. The molecule has 142 valence electrons. The van der Waals surface area contributed by atoms with Crippen molar-refractivity contribution in [1.29, 1.82) is 0 Å². The molecule has 5 nitrogen and oxygen atoms in total. The van der Waals surface area contributed by atoms with Crippen molar-refractivity contribution in [3.63, 3.8) is 0 Å². The molecule has 0 aliphatic carbocycles. The largest absolute Gasteiger partial charge is 0.496 e. The zero-order chi connectivity index (χ0) is 18.8. The van der Waals surface area contributed by atoms with Gasteiger partial charge in [0.25, 0.3) is 0 Å². The Hall–Kier alpha value is -1.88. The smallest absolute Gasteiger partial charge is 0.227 e. The number of nitrogens with zero attached hydrogens (tertiary/aromatic N) is 3. The zero-order valence-electron chi connectivity index (χ0n) is 16.7. The number of methoxy groups -OCH3 is 1. The van der Waals surface area contributed by atoms with Crippen LogP contribution in [0.25, 0.3) is 0 Å². The van der Waals surface area contributed by atoms with Crippen molar-refractivity contribution < 1.29 is 9.53 Å². The van der Waals surface area contributed by atoms with Crippen molar-refractivity contribution in [3.8, 4) is 5.75 Å². The molecule has 4 rings (SSSR count). The average molecular weight is 357 g/mol. The van der Waals surface area contributed by atoms with Gasteiger partial charge in [0.2, 0.25) is 5.91 Å². The summed E-state index contributed by atoms with van der Waals surface area (Å²) in [4.78, 5) is 22.0.